The van der Waals surface area contributed by atoms with Gasteiger partial charge in [-0.05, 0) is 38.8 Å². The first kappa shape index (κ1) is 21.7. The van der Waals surface area contributed by atoms with Crippen molar-refractivity contribution in [2.24, 2.45) is 0 Å². The standard InChI is InChI=1S/C24H34N6O/c1-17(2)30(14-18-8-5-4-6-9-18)22(31)16-29-13-11-20-19(15-29)23(25-3)28-24(27-20)21-10-7-12-26-21/h4-6,8-9,17,21,26H,7,10-16H2,1-3H3,(H,25,27,28). The number of amides is 1. The number of rotatable bonds is 7. The third-order valence-corrected chi connectivity index (χ3v) is 6.26. The van der Waals surface area contributed by atoms with Crippen LogP contribution in [-0.2, 0) is 24.3 Å². The third kappa shape index (κ3) is 5.05. The van der Waals surface area contributed by atoms with Crippen molar-refractivity contribution in [3.63, 3.8) is 0 Å². The summed E-state index contributed by atoms with van der Waals surface area (Å²) in [6, 6.07) is 10.6. The van der Waals surface area contributed by atoms with Crippen molar-refractivity contribution in [3.05, 3.63) is 53.0 Å². The Morgan fingerprint density at radius 3 is 2.77 bits per heavy atom. The quantitative estimate of drug-likeness (QED) is 0.715. The van der Waals surface area contributed by atoms with Crippen LogP contribution >= 0.6 is 0 Å². The second kappa shape index (κ2) is 9.75. The molecule has 2 aliphatic heterocycles. The zero-order chi connectivity index (χ0) is 21.8. The summed E-state index contributed by atoms with van der Waals surface area (Å²) >= 11 is 0. The Bertz CT molecular complexity index is 877. The number of hydrogen-bond donors (Lipinski definition) is 2. The van der Waals surface area contributed by atoms with E-state index in [1.54, 1.807) is 0 Å². The van der Waals surface area contributed by atoms with Crippen LogP contribution in [0.15, 0.2) is 30.3 Å². The van der Waals surface area contributed by atoms with E-state index in [1.807, 2.05) is 30.1 Å². The van der Waals surface area contributed by atoms with Gasteiger partial charge >= 0.3 is 0 Å². The lowest BCUT2D eigenvalue weighted by atomic mass is 10.0. The van der Waals surface area contributed by atoms with Gasteiger partial charge in [0.1, 0.15) is 11.6 Å². The Morgan fingerprint density at radius 1 is 1.29 bits per heavy atom. The fraction of sp³-hybridized carbons (Fsp3) is 0.542. The Labute approximate surface area is 185 Å². The predicted octanol–water partition coefficient (Wildman–Crippen LogP) is 2.74. The highest BCUT2D eigenvalue weighted by molar-refractivity contribution is 5.78. The minimum absolute atomic E-state index is 0.155. The summed E-state index contributed by atoms with van der Waals surface area (Å²) in [5.74, 6) is 1.97. The SMILES string of the molecule is CNc1nc(C2CCCN2)nc2c1CN(CC(=O)N(Cc1ccccc1)C(C)C)CC2. The third-order valence-electron chi connectivity index (χ3n) is 6.26. The van der Waals surface area contributed by atoms with E-state index >= 15 is 0 Å². The van der Waals surface area contributed by atoms with Gasteiger partial charge in [0, 0.05) is 44.7 Å². The van der Waals surface area contributed by atoms with Crippen LogP contribution in [0.3, 0.4) is 0 Å². The maximum Gasteiger partial charge on any atom is 0.237 e. The summed E-state index contributed by atoms with van der Waals surface area (Å²) in [7, 11) is 1.92. The van der Waals surface area contributed by atoms with Gasteiger partial charge in [-0.2, -0.15) is 0 Å². The zero-order valence-electron chi connectivity index (χ0n) is 18.9. The second-order valence-corrected chi connectivity index (χ2v) is 8.82. The number of anilines is 1. The van der Waals surface area contributed by atoms with E-state index in [-0.39, 0.29) is 18.0 Å². The first-order valence-electron chi connectivity index (χ1n) is 11.4. The largest absolute Gasteiger partial charge is 0.373 e. The number of nitrogens with one attached hydrogen (secondary N) is 2. The van der Waals surface area contributed by atoms with Crippen LogP contribution in [0.1, 0.15) is 55.4 Å². The molecule has 7 heteroatoms. The Balaban J connectivity index is 1.46. The molecule has 0 radical (unpaired) electrons. The summed E-state index contributed by atoms with van der Waals surface area (Å²) < 4.78 is 0. The maximum absolute atomic E-state index is 13.2. The molecule has 1 amide bonds. The number of benzene rings is 1. The molecule has 1 unspecified atom stereocenters. The molecular formula is C24H34N6O. The number of hydrogen-bond acceptors (Lipinski definition) is 6. The smallest absolute Gasteiger partial charge is 0.237 e. The van der Waals surface area contributed by atoms with Gasteiger partial charge in [0.25, 0.3) is 0 Å². The van der Waals surface area contributed by atoms with E-state index in [4.69, 9.17) is 9.97 Å². The molecular weight excluding hydrogens is 388 g/mol. The minimum Gasteiger partial charge on any atom is -0.373 e. The molecule has 166 valence electrons. The molecule has 2 aliphatic rings. The highest BCUT2D eigenvalue weighted by Crippen LogP contribution is 2.28. The van der Waals surface area contributed by atoms with Gasteiger partial charge in [-0.25, -0.2) is 9.97 Å². The van der Waals surface area contributed by atoms with E-state index < -0.39 is 0 Å². The second-order valence-electron chi connectivity index (χ2n) is 8.82. The molecule has 1 aromatic carbocycles. The predicted molar refractivity (Wildman–Crippen MR) is 123 cm³/mol. The molecule has 3 heterocycles. The number of nitrogens with zero attached hydrogens (tertiary/aromatic N) is 4. The lowest BCUT2D eigenvalue weighted by Gasteiger charge is -2.33. The number of carbonyl (C=O) groups excluding carboxylic acids is 1. The lowest BCUT2D eigenvalue weighted by molar-refractivity contribution is -0.135. The molecule has 7 nitrogen and oxygen atoms in total. The van der Waals surface area contributed by atoms with Gasteiger partial charge in [0.15, 0.2) is 0 Å². The molecule has 0 aliphatic carbocycles. The van der Waals surface area contributed by atoms with Crippen molar-refractivity contribution in [2.45, 2.75) is 58.3 Å². The van der Waals surface area contributed by atoms with Crippen LogP contribution in [0.2, 0.25) is 0 Å². The molecule has 2 N–H and O–H groups in total. The van der Waals surface area contributed by atoms with Gasteiger partial charge in [-0.15, -0.1) is 0 Å². The highest BCUT2D eigenvalue weighted by Gasteiger charge is 2.28. The fourth-order valence-corrected chi connectivity index (χ4v) is 4.51. The Hall–Kier alpha value is -2.51. The number of carbonyl (C=O) groups is 1. The summed E-state index contributed by atoms with van der Waals surface area (Å²) in [6.45, 7) is 7.80. The van der Waals surface area contributed by atoms with Crippen molar-refractivity contribution in [2.75, 3.05) is 32.0 Å². The average molecular weight is 423 g/mol. The molecule has 31 heavy (non-hydrogen) atoms. The first-order valence-corrected chi connectivity index (χ1v) is 11.4. The Morgan fingerprint density at radius 2 is 2.10 bits per heavy atom. The zero-order valence-corrected chi connectivity index (χ0v) is 18.9. The van der Waals surface area contributed by atoms with Crippen molar-refractivity contribution < 1.29 is 4.79 Å². The molecule has 0 bridgehead atoms. The van der Waals surface area contributed by atoms with Crippen molar-refractivity contribution >= 4 is 11.7 Å². The summed E-state index contributed by atoms with van der Waals surface area (Å²) in [4.78, 5) is 27.1. The normalized spacial score (nSPS) is 18.8. The molecule has 4 rings (SSSR count). The van der Waals surface area contributed by atoms with Crippen LogP contribution < -0.4 is 10.6 Å². The van der Waals surface area contributed by atoms with Crippen molar-refractivity contribution in [1.29, 1.82) is 0 Å². The summed E-state index contributed by atoms with van der Waals surface area (Å²) in [5, 5.41) is 6.76. The van der Waals surface area contributed by atoms with Crippen molar-refractivity contribution in [3.8, 4) is 0 Å². The highest BCUT2D eigenvalue weighted by atomic mass is 16.2. The van der Waals surface area contributed by atoms with Gasteiger partial charge < -0.3 is 15.5 Å². The van der Waals surface area contributed by atoms with E-state index in [0.717, 1.165) is 54.4 Å². The molecule has 1 fully saturated rings. The van der Waals surface area contributed by atoms with E-state index in [9.17, 15) is 4.79 Å². The van der Waals surface area contributed by atoms with Crippen LogP contribution in [0.4, 0.5) is 5.82 Å². The molecule has 0 saturated carbocycles. The summed E-state index contributed by atoms with van der Waals surface area (Å²) in [5.41, 5.74) is 3.41. The van der Waals surface area contributed by atoms with Gasteiger partial charge in [0.05, 0.1) is 18.3 Å². The van der Waals surface area contributed by atoms with Crippen molar-refractivity contribution in [1.82, 2.24) is 25.1 Å². The first-order chi connectivity index (χ1) is 15.0. The molecule has 1 saturated heterocycles. The molecule has 0 spiro atoms. The average Bonchev–Trinajstić information content (AvgIpc) is 3.32. The Kier molecular flexibility index (Phi) is 6.83. The van der Waals surface area contributed by atoms with E-state index in [0.29, 0.717) is 19.6 Å². The fourth-order valence-electron chi connectivity index (χ4n) is 4.51. The topological polar surface area (TPSA) is 73.4 Å². The summed E-state index contributed by atoms with van der Waals surface area (Å²) in [6.07, 6.45) is 3.11. The monoisotopic (exact) mass is 422 g/mol. The van der Waals surface area contributed by atoms with Gasteiger partial charge in [-0.3, -0.25) is 9.69 Å². The van der Waals surface area contributed by atoms with E-state index in [1.165, 1.54) is 6.42 Å². The maximum atomic E-state index is 13.2. The number of fused-ring (bicyclic) bond motifs is 1. The molecule has 2 aromatic rings. The van der Waals surface area contributed by atoms with Crippen LogP contribution in [0, 0.1) is 0 Å². The van der Waals surface area contributed by atoms with Crippen LogP contribution in [-0.4, -0.2) is 58.4 Å². The van der Waals surface area contributed by atoms with Gasteiger partial charge in [-0.1, -0.05) is 30.3 Å². The molecule has 1 atom stereocenters. The lowest BCUT2D eigenvalue weighted by Crippen LogP contribution is -2.45. The van der Waals surface area contributed by atoms with Crippen LogP contribution in [0.5, 0.6) is 0 Å². The molecule has 1 aromatic heterocycles. The van der Waals surface area contributed by atoms with Crippen LogP contribution in [0.25, 0.3) is 0 Å². The van der Waals surface area contributed by atoms with E-state index in [2.05, 4.69) is 41.5 Å². The minimum atomic E-state index is 0.155. The number of aromatic nitrogens is 2. The van der Waals surface area contributed by atoms with Gasteiger partial charge in [0.2, 0.25) is 5.91 Å².